The van der Waals surface area contributed by atoms with Crippen molar-refractivity contribution in [2.24, 2.45) is 0 Å². The molecule has 0 saturated carbocycles. The van der Waals surface area contributed by atoms with Gasteiger partial charge in [0.25, 0.3) is 5.91 Å². The Hall–Kier alpha value is -3.67. The summed E-state index contributed by atoms with van der Waals surface area (Å²) in [5.74, 6) is -0.936. The molecule has 0 saturated heterocycles. The lowest BCUT2D eigenvalue weighted by molar-refractivity contribution is 0.102. The van der Waals surface area contributed by atoms with Crippen LogP contribution in [0.15, 0.2) is 73.1 Å². The Morgan fingerprint density at radius 3 is 2.79 bits per heavy atom. The molecular weight excluding hydrogens is 355 g/mol. The zero-order chi connectivity index (χ0) is 19.3. The van der Waals surface area contributed by atoms with Crippen LogP contribution in [0.5, 0.6) is 0 Å². The molecule has 2 heterocycles. The number of hydrogen-bond acceptors (Lipinski definition) is 3. The molecule has 4 aromatic rings. The van der Waals surface area contributed by atoms with Gasteiger partial charge in [-0.05, 0) is 42.3 Å². The van der Waals surface area contributed by atoms with Crippen molar-refractivity contribution in [1.82, 2.24) is 9.97 Å². The number of fused-ring (bicyclic) bond motifs is 1. The van der Waals surface area contributed by atoms with Gasteiger partial charge in [0.2, 0.25) is 0 Å². The lowest BCUT2D eigenvalue weighted by Gasteiger charge is -2.09. The highest BCUT2D eigenvalue weighted by atomic mass is 19.1. The minimum atomic E-state index is -0.483. The van der Waals surface area contributed by atoms with Crippen molar-refractivity contribution >= 4 is 28.2 Å². The van der Waals surface area contributed by atoms with Crippen molar-refractivity contribution in [1.29, 1.82) is 0 Å². The fourth-order valence-corrected chi connectivity index (χ4v) is 3.09. The van der Waals surface area contributed by atoms with Gasteiger partial charge < -0.3 is 15.6 Å². The van der Waals surface area contributed by atoms with E-state index in [4.69, 9.17) is 0 Å². The van der Waals surface area contributed by atoms with Crippen LogP contribution in [0.4, 0.5) is 15.8 Å². The normalized spacial score (nSPS) is 10.8. The molecule has 0 atom stereocenters. The van der Waals surface area contributed by atoms with Crippen molar-refractivity contribution in [2.45, 2.75) is 6.42 Å². The Labute approximate surface area is 161 Å². The number of aromatic nitrogens is 2. The van der Waals surface area contributed by atoms with E-state index in [0.29, 0.717) is 6.54 Å². The number of halogens is 1. The molecule has 4 rings (SSSR count). The van der Waals surface area contributed by atoms with Crippen LogP contribution in [0, 0.1) is 5.82 Å². The highest BCUT2D eigenvalue weighted by Crippen LogP contribution is 2.19. The zero-order valence-corrected chi connectivity index (χ0v) is 15.1. The molecule has 0 aliphatic rings. The SMILES string of the molecule is O=C(Nc1ccccc1F)c1cc(NCCc2c[nH]c3ccccc23)ccn1. The molecule has 0 aliphatic heterocycles. The minimum absolute atomic E-state index is 0.131. The minimum Gasteiger partial charge on any atom is -0.385 e. The number of carbonyl (C=O) groups excluding carboxylic acids is 1. The van der Waals surface area contributed by atoms with E-state index in [1.54, 1.807) is 30.5 Å². The van der Waals surface area contributed by atoms with Crippen LogP contribution < -0.4 is 10.6 Å². The van der Waals surface area contributed by atoms with Crippen LogP contribution >= 0.6 is 0 Å². The Kier molecular flexibility index (Phi) is 5.01. The van der Waals surface area contributed by atoms with E-state index >= 15 is 0 Å². The summed E-state index contributed by atoms with van der Waals surface area (Å²) in [6, 6.07) is 17.7. The molecule has 2 aromatic heterocycles. The molecule has 0 bridgehead atoms. The second kappa shape index (κ2) is 7.92. The average Bonchev–Trinajstić information content (AvgIpc) is 3.13. The van der Waals surface area contributed by atoms with Gasteiger partial charge >= 0.3 is 0 Å². The summed E-state index contributed by atoms with van der Waals surface area (Å²) >= 11 is 0. The van der Waals surface area contributed by atoms with E-state index in [1.165, 1.54) is 23.1 Å². The largest absolute Gasteiger partial charge is 0.385 e. The molecule has 5 nitrogen and oxygen atoms in total. The number of benzene rings is 2. The van der Waals surface area contributed by atoms with E-state index in [0.717, 1.165) is 17.6 Å². The summed E-state index contributed by atoms with van der Waals surface area (Å²) < 4.78 is 13.7. The molecule has 6 heteroatoms. The van der Waals surface area contributed by atoms with Gasteiger partial charge in [0.1, 0.15) is 11.5 Å². The van der Waals surface area contributed by atoms with Crippen LogP contribution in [0.3, 0.4) is 0 Å². The smallest absolute Gasteiger partial charge is 0.274 e. The van der Waals surface area contributed by atoms with E-state index in [2.05, 4.69) is 32.7 Å². The van der Waals surface area contributed by atoms with E-state index in [9.17, 15) is 9.18 Å². The Bertz CT molecular complexity index is 1120. The van der Waals surface area contributed by atoms with Crippen LogP contribution in [-0.4, -0.2) is 22.4 Å². The first-order chi connectivity index (χ1) is 13.7. The molecule has 1 amide bonds. The molecule has 140 valence electrons. The lowest BCUT2D eigenvalue weighted by atomic mass is 10.1. The first-order valence-corrected chi connectivity index (χ1v) is 9.01. The van der Waals surface area contributed by atoms with Crippen LogP contribution in [0.25, 0.3) is 10.9 Å². The Balaban J connectivity index is 1.39. The second-order valence-corrected chi connectivity index (χ2v) is 6.40. The zero-order valence-electron chi connectivity index (χ0n) is 15.1. The van der Waals surface area contributed by atoms with E-state index in [1.807, 2.05) is 18.3 Å². The van der Waals surface area contributed by atoms with Gasteiger partial charge in [-0.2, -0.15) is 0 Å². The van der Waals surface area contributed by atoms with Crippen molar-refractivity contribution in [3.8, 4) is 0 Å². The molecule has 28 heavy (non-hydrogen) atoms. The maximum Gasteiger partial charge on any atom is 0.274 e. The summed E-state index contributed by atoms with van der Waals surface area (Å²) in [5.41, 5.74) is 3.49. The summed E-state index contributed by atoms with van der Waals surface area (Å²) in [6.45, 7) is 0.709. The summed E-state index contributed by atoms with van der Waals surface area (Å²) in [5, 5.41) is 7.07. The fraction of sp³-hybridized carbons (Fsp3) is 0.0909. The molecule has 0 fully saturated rings. The summed E-state index contributed by atoms with van der Waals surface area (Å²) in [7, 11) is 0. The quantitative estimate of drug-likeness (QED) is 0.462. The number of H-pyrrole nitrogens is 1. The number of pyridine rings is 1. The predicted octanol–water partition coefficient (Wildman–Crippen LogP) is 4.61. The Morgan fingerprint density at radius 1 is 1.07 bits per heavy atom. The number of amides is 1. The predicted molar refractivity (Wildman–Crippen MR) is 109 cm³/mol. The molecular formula is C22H19FN4O. The molecule has 0 radical (unpaired) electrons. The maximum atomic E-state index is 13.7. The highest BCUT2D eigenvalue weighted by Gasteiger charge is 2.11. The van der Waals surface area contributed by atoms with Gasteiger partial charge in [0, 0.05) is 35.5 Å². The monoisotopic (exact) mass is 374 g/mol. The first kappa shape index (κ1) is 17.7. The van der Waals surface area contributed by atoms with E-state index < -0.39 is 11.7 Å². The van der Waals surface area contributed by atoms with Gasteiger partial charge in [-0.25, -0.2) is 4.39 Å². The lowest BCUT2D eigenvalue weighted by Crippen LogP contribution is -2.15. The third-order valence-electron chi connectivity index (χ3n) is 4.51. The number of anilines is 2. The van der Waals surface area contributed by atoms with Crippen molar-refractivity contribution < 1.29 is 9.18 Å². The third kappa shape index (κ3) is 3.86. The van der Waals surface area contributed by atoms with Crippen molar-refractivity contribution in [2.75, 3.05) is 17.2 Å². The molecule has 0 unspecified atom stereocenters. The van der Waals surface area contributed by atoms with Gasteiger partial charge in [0.15, 0.2) is 0 Å². The molecule has 2 aromatic carbocycles. The number of hydrogen-bond donors (Lipinski definition) is 3. The fourth-order valence-electron chi connectivity index (χ4n) is 3.09. The summed E-state index contributed by atoms with van der Waals surface area (Å²) in [4.78, 5) is 19.7. The van der Waals surface area contributed by atoms with E-state index in [-0.39, 0.29) is 11.4 Å². The Morgan fingerprint density at radius 2 is 1.89 bits per heavy atom. The van der Waals surface area contributed by atoms with Gasteiger partial charge in [-0.3, -0.25) is 9.78 Å². The topological polar surface area (TPSA) is 69.8 Å². The van der Waals surface area contributed by atoms with Crippen LogP contribution in [0.2, 0.25) is 0 Å². The molecule has 3 N–H and O–H groups in total. The van der Waals surface area contributed by atoms with Gasteiger partial charge in [-0.1, -0.05) is 30.3 Å². The number of rotatable bonds is 6. The maximum absolute atomic E-state index is 13.7. The molecule has 0 spiro atoms. The number of carbonyl (C=O) groups is 1. The third-order valence-corrected chi connectivity index (χ3v) is 4.51. The number of nitrogens with zero attached hydrogens (tertiary/aromatic N) is 1. The second-order valence-electron chi connectivity index (χ2n) is 6.40. The average molecular weight is 374 g/mol. The first-order valence-electron chi connectivity index (χ1n) is 9.01. The van der Waals surface area contributed by atoms with Crippen molar-refractivity contribution in [3.63, 3.8) is 0 Å². The van der Waals surface area contributed by atoms with Crippen LogP contribution in [0.1, 0.15) is 16.1 Å². The number of aromatic amines is 1. The molecule has 0 aliphatic carbocycles. The summed E-state index contributed by atoms with van der Waals surface area (Å²) in [6.07, 6.45) is 4.42. The highest BCUT2D eigenvalue weighted by molar-refractivity contribution is 6.03. The van der Waals surface area contributed by atoms with Crippen molar-refractivity contribution in [3.05, 3.63) is 90.1 Å². The number of nitrogens with one attached hydrogen (secondary N) is 3. The number of para-hydroxylation sites is 2. The van der Waals surface area contributed by atoms with Gasteiger partial charge in [0.05, 0.1) is 5.69 Å². The van der Waals surface area contributed by atoms with Gasteiger partial charge in [-0.15, -0.1) is 0 Å². The standard InChI is InChI=1S/C22H19FN4O/c23-18-6-2-4-8-20(18)27-22(28)21-13-16(10-12-25-21)24-11-9-15-14-26-19-7-3-1-5-17(15)19/h1-8,10,12-14,26H,9,11H2,(H,24,25)(H,27,28). The van der Waals surface area contributed by atoms with Crippen LogP contribution in [-0.2, 0) is 6.42 Å².